The number of imide groups is 1. The number of halogens is 1. The third kappa shape index (κ3) is 3.80. The molecule has 0 unspecified atom stereocenters. The Morgan fingerprint density at radius 3 is 2.33 bits per heavy atom. The van der Waals surface area contributed by atoms with Gasteiger partial charge in [0, 0.05) is 5.69 Å². The van der Waals surface area contributed by atoms with Crippen molar-refractivity contribution in [2.24, 2.45) is 0 Å². The summed E-state index contributed by atoms with van der Waals surface area (Å²) in [6.07, 6.45) is 0. The molecule has 0 aliphatic carbocycles. The smallest absolute Gasteiger partial charge is 0.323 e. The lowest BCUT2D eigenvalue weighted by atomic mass is 10.2. The number of carbonyl (C=O) groups excluding carboxylic acids is 3. The van der Waals surface area contributed by atoms with E-state index in [1.54, 1.807) is 31.2 Å². The molecule has 0 saturated carbocycles. The van der Waals surface area contributed by atoms with Gasteiger partial charge in [-0.3, -0.25) is 19.4 Å². The zero-order chi connectivity index (χ0) is 19.7. The van der Waals surface area contributed by atoms with Gasteiger partial charge in [-0.2, -0.15) is 0 Å². The molecule has 4 amide bonds. The molecule has 27 heavy (non-hydrogen) atoms. The summed E-state index contributed by atoms with van der Waals surface area (Å²) in [5.74, 6) is -0.897. The van der Waals surface area contributed by atoms with Crippen LogP contribution < -0.4 is 10.2 Å². The first-order chi connectivity index (χ1) is 12.8. The molecule has 2 aromatic carbocycles. The second-order valence-corrected chi connectivity index (χ2v) is 7.03. The first-order valence-electron chi connectivity index (χ1n) is 8.55. The van der Waals surface area contributed by atoms with Crippen LogP contribution in [0.3, 0.4) is 0 Å². The van der Waals surface area contributed by atoms with Crippen molar-refractivity contribution in [2.75, 3.05) is 16.8 Å². The number of anilines is 2. The monoisotopic (exact) mass is 385 g/mol. The molecular formula is C20H20ClN3O3. The van der Waals surface area contributed by atoms with Crippen LogP contribution in [0.1, 0.15) is 18.1 Å². The number of rotatable bonds is 4. The molecule has 0 aromatic heterocycles. The van der Waals surface area contributed by atoms with E-state index in [1.807, 2.05) is 32.0 Å². The van der Waals surface area contributed by atoms with E-state index in [2.05, 4.69) is 5.32 Å². The summed E-state index contributed by atoms with van der Waals surface area (Å²) < 4.78 is 0. The van der Waals surface area contributed by atoms with E-state index < -0.39 is 23.9 Å². The zero-order valence-corrected chi connectivity index (χ0v) is 16.1. The van der Waals surface area contributed by atoms with Crippen LogP contribution in [0, 0.1) is 13.8 Å². The summed E-state index contributed by atoms with van der Waals surface area (Å²) in [6.45, 7) is 5.11. The predicted octanol–water partition coefficient (Wildman–Crippen LogP) is 3.75. The average Bonchev–Trinajstić information content (AvgIpc) is 2.82. The van der Waals surface area contributed by atoms with Gasteiger partial charge < -0.3 is 5.32 Å². The van der Waals surface area contributed by atoms with Crippen molar-refractivity contribution in [3.8, 4) is 0 Å². The van der Waals surface area contributed by atoms with Gasteiger partial charge in [-0.05, 0) is 50.6 Å². The molecule has 0 radical (unpaired) electrons. The molecular weight excluding hydrogens is 366 g/mol. The molecule has 1 aliphatic rings. The number of nitrogens with one attached hydrogen (secondary N) is 1. The van der Waals surface area contributed by atoms with Crippen LogP contribution in [0.4, 0.5) is 16.2 Å². The highest BCUT2D eigenvalue weighted by Crippen LogP contribution is 2.27. The Kier molecular flexibility index (Phi) is 5.19. The second-order valence-electron chi connectivity index (χ2n) is 6.62. The van der Waals surface area contributed by atoms with E-state index in [9.17, 15) is 14.4 Å². The third-order valence-corrected chi connectivity index (χ3v) is 4.77. The summed E-state index contributed by atoms with van der Waals surface area (Å²) in [6, 6.07) is 11.4. The van der Waals surface area contributed by atoms with Gasteiger partial charge in [0.05, 0.1) is 10.7 Å². The molecule has 7 heteroatoms. The maximum Gasteiger partial charge on any atom is 0.332 e. The first-order valence-corrected chi connectivity index (χ1v) is 8.93. The van der Waals surface area contributed by atoms with Crippen molar-refractivity contribution in [3.63, 3.8) is 0 Å². The Hall–Kier alpha value is -2.86. The molecule has 1 atom stereocenters. The van der Waals surface area contributed by atoms with Crippen molar-refractivity contribution >= 4 is 40.8 Å². The van der Waals surface area contributed by atoms with E-state index in [0.29, 0.717) is 16.4 Å². The Morgan fingerprint density at radius 2 is 1.70 bits per heavy atom. The predicted molar refractivity (Wildman–Crippen MR) is 105 cm³/mol. The maximum atomic E-state index is 12.7. The van der Waals surface area contributed by atoms with E-state index in [0.717, 1.165) is 16.0 Å². The number of nitrogens with zero attached hydrogens (tertiary/aromatic N) is 2. The molecule has 0 spiro atoms. The van der Waals surface area contributed by atoms with Crippen molar-refractivity contribution in [1.82, 2.24) is 4.90 Å². The molecule has 1 N–H and O–H groups in total. The lowest BCUT2D eigenvalue weighted by Gasteiger charge is -2.19. The Balaban J connectivity index is 1.74. The van der Waals surface area contributed by atoms with Crippen molar-refractivity contribution < 1.29 is 14.4 Å². The molecule has 2 aromatic rings. The van der Waals surface area contributed by atoms with Crippen LogP contribution in [0.15, 0.2) is 42.5 Å². The van der Waals surface area contributed by atoms with Gasteiger partial charge in [0.15, 0.2) is 0 Å². The van der Waals surface area contributed by atoms with Crippen molar-refractivity contribution in [2.45, 2.75) is 26.8 Å². The topological polar surface area (TPSA) is 69.7 Å². The molecule has 3 rings (SSSR count). The highest BCUT2D eigenvalue weighted by atomic mass is 35.5. The van der Waals surface area contributed by atoms with Gasteiger partial charge in [-0.25, -0.2) is 4.79 Å². The fourth-order valence-electron chi connectivity index (χ4n) is 2.97. The van der Waals surface area contributed by atoms with Gasteiger partial charge in [-0.15, -0.1) is 0 Å². The van der Waals surface area contributed by atoms with Crippen LogP contribution in [-0.2, 0) is 9.59 Å². The largest absolute Gasteiger partial charge is 0.332 e. The number of benzene rings is 2. The third-order valence-electron chi connectivity index (χ3n) is 4.46. The fourth-order valence-corrected chi connectivity index (χ4v) is 3.25. The number of hydrogen-bond acceptors (Lipinski definition) is 3. The SMILES string of the molecule is Cc1ccc(N2C(=O)N(CC(=O)Nc3ccc(C)cc3Cl)C(=O)[C@@H]2C)cc1. The quantitative estimate of drug-likeness (QED) is 0.815. The molecule has 1 saturated heterocycles. The minimum Gasteiger partial charge on any atom is -0.323 e. The van der Waals surface area contributed by atoms with Crippen molar-refractivity contribution in [3.05, 3.63) is 58.6 Å². The first kappa shape index (κ1) is 18.9. The van der Waals surface area contributed by atoms with Gasteiger partial charge in [0.1, 0.15) is 12.6 Å². The van der Waals surface area contributed by atoms with Gasteiger partial charge >= 0.3 is 6.03 Å². The minimum absolute atomic E-state index is 0.366. The molecule has 1 aliphatic heterocycles. The van der Waals surface area contributed by atoms with Gasteiger partial charge in [0.2, 0.25) is 5.91 Å². The molecule has 1 fully saturated rings. The van der Waals surface area contributed by atoms with Gasteiger partial charge in [0.25, 0.3) is 5.91 Å². The summed E-state index contributed by atoms with van der Waals surface area (Å²) in [5.41, 5.74) is 3.08. The minimum atomic E-state index is -0.670. The van der Waals surface area contributed by atoms with Crippen LogP contribution >= 0.6 is 11.6 Å². The normalized spacial score (nSPS) is 16.8. The highest BCUT2D eigenvalue weighted by molar-refractivity contribution is 6.33. The molecule has 140 valence electrons. The van der Waals surface area contributed by atoms with E-state index in [4.69, 9.17) is 11.6 Å². The van der Waals surface area contributed by atoms with Crippen LogP contribution in [0.25, 0.3) is 0 Å². The second kappa shape index (κ2) is 7.40. The summed E-state index contributed by atoms with van der Waals surface area (Å²) in [7, 11) is 0. The Labute approximate surface area is 162 Å². The number of carbonyl (C=O) groups is 3. The average molecular weight is 386 g/mol. The number of amides is 4. The maximum absolute atomic E-state index is 12.7. The summed E-state index contributed by atoms with van der Waals surface area (Å²) >= 11 is 6.12. The van der Waals surface area contributed by atoms with E-state index in [1.165, 1.54) is 4.90 Å². The van der Waals surface area contributed by atoms with Crippen LogP contribution in [0.2, 0.25) is 5.02 Å². The van der Waals surface area contributed by atoms with E-state index in [-0.39, 0.29) is 6.54 Å². The van der Waals surface area contributed by atoms with Crippen molar-refractivity contribution in [1.29, 1.82) is 0 Å². The Morgan fingerprint density at radius 1 is 1.07 bits per heavy atom. The number of hydrogen-bond donors (Lipinski definition) is 1. The van der Waals surface area contributed by atoms with E-state index >= 15 is 0 Å². The number of urea groups is 1. The lowest BCUT2D eigenvalue weighted by molar-refractivity contribution is -0.130. The standard InChI is InChI=1S/C20H20ClN3O3/c1-12-4-7-15(8-5-12)24-14(3)19(26)23(20(24)27)11-18(25)22-17-9-6-13(2)10-16(17)21/h4-10,14H,11H2,1-3H3,(H,22,25)/t14-/m0/s1. The summed E-state index contributed by atoms with van der Waals surface area (Å²) in [5, 5.41) is 3.05. The van der Waals surface area contributed by atoms with Gasteiger partial charge in [-0.1, -0.05) is 35.4 Å². The Bertz CT molecular complexity index is 911. The van der Waals surface area contributed by atoms with Crippen LogP contribution in [0.5, 0.6) is 0 Å². The fraction of sp³-hybridized carbons (Fsp3) is 0.250. The zero-order valence-electron chi connectivity index (χ0n) is 15.3. The summed E-state index contributed by atoms with van der Waals surface area (Å²) in [4.78, 5) is 40.0. The molecule has 0 bridgehead atoms. The lowest BCUT2D eigenvalue weighted by Crippen LogP contribution is -2.39. The molecule has 1 heterocycles. The molecule has 6 nitrogen and oxygen atoms in total. The highest BCUT2D eigenvalue weighted by Gasteiger charge is 2.44. The number of aryl methyl sites for hydroxylation is 2. The van der Waals surface area contributed by atoms with Crippen LogP contribution in [-0.4, -0.2) is 35.3 Å².